The molecule has 0 radical (unpaired) electrons. The van der Waals surface area contributed by atoms with E-state index in [0.717, 1.165) is 24.2 Å². The lowest BCUT2D eigenvalue weighted by Gasteiger charge is -2.30. The largest absolute Gasteiger partial charge is 0.487 e. The normalized spacial score (nSPS) is 17.8. The third kappa shape index (κ3) is 5.40. The van der Waals surface area contributed by atoms with Gasteiger partial charge in [-0.05, 0) is 57.9 Å². The zero-order valence-corrected chi connectivity index (χ0v) is 16.1. The molecule has 1 aromatic carbocycles. The number of anilines is 2. The molecule has 3 rings (SSSR count). The van der Waals surface area contributed by atoms with Gasteiger partial charge in [-0.1, -0.05) is 12.5 Å². The predicted octanol–water partition coefficient (Wildman–Crippen LogP) is 3.65. The molecule has 2 unspecified atom stereocenters. The quantitative estimate of drug-likeness (QED) is 0.749. The Kier molecular flexibility index (Phi) is 6.24. The third-order valence-electron chi connectivity index (χ3n) is 4.63. The Morgan fingerprint density at radius 1 is 1.22 bits per heavy atom. The van der Waals surface area contributed by atoms with Crippen molar-refractivity contribution < 1.29 is 9.53 Å². The Bertz CT molecular complexity index is 772. The molecule has 1 aliphatic rings. The first kappa shape index (κ1) is 19.1. The Balaban J connectivity index is 1.67. The summed E-state index contributed by atoms with van der Waals surface area (Å²) >= 11 is 0. The minimum Gasteiger partial charge on any atom is -0.487 e. The van der Waals surface area contributed by atoms with Crippen LogP contribution in [0.2, 0.25) is 0 Å². The molecule has 1 fully saturated rings. The second-order valence-corrected chi connectivity index (χ2v) is 7.00. The third-order valence-corrected chi connectivity index (χ3v) is 4.63. The number of aryl methyl sites for hydroxylation is 2. The average Bonchev–Trinajstić information content (AvgIpc) is 2.66. The number of aromatic nitrogens is 2. The zero-order valence-electron chi connectivity index (χ0n) is 16.1. The molecule has 0 bridgehead atoms. The molecule has 1 aromatic heterocycles. The molecule has 0 saturated carbocycles. The van der Waals surface area contributed by atoms with Gasteiger partial charge in [0, 0.05) is 6.04 Å². The van der Waals surface area contributed by atoms with Gasteiger partial charge in [-0.15, -0.1) is 0 Å². The van der Waals surface area contributed by atoms with Crippen molar-refractivity contribution in [1.29, 1.82) is 0 Å². The number of urea groups is 1. The van der Waals surface area contributed by atoms with Crippen molar-refractivity contribution in [2.24, 2.45) is 0 Å². The molecule has 2 atom stereocenters. The molecule has 7 heteroatoms. The minimum atomic E-state index is -0.382. The van der Waals surface area contributed by atoms with Gasteiger partial charge in [0.05, 0.1) is 23.8 Å². The number of piperidine rings is 1. The summed E-state index contributed by atoms with van der Waals surface area (Å²) in [6.07, 6.45) is 6.67. The molecule has 1 saturated heterocycles. The molecule has 0 aliphatic carbocycles. The van der Waals surface area contributed by atoms with Crippen molar-refractivity contribution in [3.05, 3.63) is 41.9 Å². The van der Waals surface area contributed by atoms with E-state index in [9.17, 15) is 4.79 Å². The first-order valence-electron chi connectivity index (χ1n) is 9.38. The number of carbonyl (C=O) groups excluding carboxylic acids is 1. The van der Waals surface area contributed by atoms with E-state index in [1.165, 1.54) is 19.0 Å². The average molecular weight is 369 g/mol. The van der Waals surface area contributed by atoms with Gasteiger partial charge in [0.15, 0.2) is 5.82 Å². The molecule has 2 amide bonds. The van der Waals surface area contributed by atoms with Gasteiger partial charge in [0.2, 0.25) is 0 Å². The van der Waals surface area contributed by atoms with Crippen LogP contribution in [0.4, 0.5) is 16.3 Å². The number of hydrogen-bond donors (Lipinski definition) is 3. The molecule has 7 nitrogen and oxygen atoms in total. The summed E-state index contributed by atoms with van der Waals surface area (Å²) in [6.45, 7) is 6.91. The molecule has 1 aliphatic heterocycles. The van der Waals surface area contributed by atoms with Gasteiger partial charge in [-0.2, -0.15) is 0 Å². The van der Waals surface area contributed by atoms with Crippen LogP contribution in [0.15, 0.2) is 30.6 Å². The SMILES string of the molecule is Cc1ccc(OC(C)C2CCCCN2)c(NC(=O)Nc2cnc(C)cn2)c1. The number of benzene rings is 1. The van der Waals surface area contributed by atoms with E-state index in [4.69, 9.17) is 4.74 Å². The number of carbonyl (C=O) groups is 1. The van der Waals surface area contributed by atoms with E-state index in [0.29, 0.717) is 23.3 Å². The molecule has 2 heterocycles. The molecule has 27 heavy (non-hydrogen) atoms. The molecule has 144 valence electrons. The summed E-state index contributed by atoms with van der Waals surface area (Å²) in [4.78, 5) is 20.6. The summed E-state index contributed by atoms with van der Waals surface area (Å²) in [6, 6.07) is 5.72. The Morgan fingerprint density at radius 2 is 2.07 bits per heavy atom. The molecular weight excluding hydrogens is 342 g/mol. The van der Waals surface area contributed by atoms with E-state index in [2.05, 4.69) is 32.8 Å². The fourth-order valence-corrected chi connectivity index (χ4v) is 3.13. The van der Waals surface area contributed by atoms with Gasteiger partial charge in [0.1, 0.15) is 11.9 Å². The maximum atomic E-state index is 12.4. The van der Waals surface area contributed by atoms with Crippen molar-refractivity contribution in [2.75, 3.05) is 17.2 Å². The second kappa shape index (κ2) is 8.81. The standard InChI is InChI=1S/C20H27N5O2/c1-13-7-8-18(27-15(3)16-6-4-5-9-21-16)17(10-13)24-20(26)25-19-12-22-14(2)11-23-19/h7-8,10-12,15-16,21H,4-6,9H2,1-3H3,(H2,23,24,25,26). The van der Waals surface area contributed by atoms with Crippen LogP contribution in [0.1, 0.15) is 37.4 Å². The van der Waals surface area contributed by atoms with Crippen LogP contribution in [0.5, 0.6) is 5.75 Å². The highest BCUT2D eigenvalue weighted by Crippen LogP contribution is 2.28. The van der Waals surface area contributed by atoms with E-state index in [1.807, 2.05) is 32.0 Å². The lowest BCUT2D eigenvalue weighted by molar-refractivity contribution is 0.153. The summed E-state index contributed by atoms with van der Waals surface area (Å²) in [7, 11) is 0. The Hall–Kier alpha value is -2.67. The predicted molar refractivity (Wildman–Crippen MR) is 106 cm³/mol. The smallest absolute Gasteiger partial charge is 0.324 e. The minimum absolute atomic E-state index is 0.0135. The Morgan fingerprint density at radius 3 is 2.78 bits per heavy atom. The lowest BCUT2D eigenvalue weighted by atomic mass is 10.0. The maximum absolute atomic E-state index is 12.4. The fourth-order valence-electron chi connectivity index (χ4n) is 3.13. The fraction of sp³-hybridized carbons (Fsp3) is 0.450. The highest BCUT2D eigenvalue weighted by molar-refractivity contribution is 6.00. The number of nitrogens with zero attached hydrogens (tertiary/aromatic N) is 2. The van der Waals surface area contributed by atoms with Crippen molar-refractivity contribution in [2.45, 2.75) is 52.2 Å². The summed E-state index contributed by atoms with van der Waals surface area (Å²) in [5.41, 5.74) is 2.46. The number of nitrogens with one attached hydrogen (secondary N) is 3. The monoisotopic (exact) mass is 369 g/mol. The van der Waals surface area contributed by atoms with Gasteiger partial charge < -0.3 is 15.4 Å². The molecule has 3 N–H and O–H groups in total. The maximum Gasteiger partial charge on any atom is 0.324 e. The van der Waals surface area contributed by atoms with Crippen LogP contribution in [0.25, 0.3) is 0 Å². The molecule has 2 aromatic rings. The summed E-state index contributed by atoms with van der Waals surface area (Å²) in [5.74, 6) is 1.05. The summed E-state index contributed by atoms with van der Waals surface area (Å²) < 4.78 is 6.17. The van der Waals surface area contributed by atoms with Crippen molar-refractivity contribution in [1.82, 2.24) is 15.3 Å². The van der Waals surface area contributed by atoms with Gasteiger partial charge in [0.25, 0.3) is 0 Å². The lowest BCUT2D eigenvalue weighted by Crippen LogP contribution is -2.44. The zero-order chi connectivity index (χ0) is 19.2. The highest BCUT2D eigenvalue weighted by atomic mass is 16.5. The van der Waals surface area contributed by atoms with E-state index < -0.39 is 0 Å². The number of amides is 2. The van der Waals surface area contributed by atoms with Crippen LogP contribution >= 0.6 is 0 Å². The first-order valence-corrected chi connectivity index (χ1v) is 9.38. The van der Waals surface area contributed by atoms with Crippen LogP contribution in [-0.2, 0) is 0 Å². The number of ether oxygens (including phenoxy) is 1. The van der Waals surface area contributed by atoms with E-state index >= 15 is 0 Å². The van der Waals surface area contributed by atoms with Gasteiger partial charge >= 0.3 is 6.03 Å². The highest BCUT2D eigenvalue weighted by Gasteiger charge is 2.22. The Labute approximate surface area is 159 Å². The molecule has 0 spiro atoms. The van der Waals surface area contributed by atoms with Gasteiger partial charge in [-0.25, -0.2) is 9.78 Å². The van der Waals surface area contributed by atoms with Crippen LogP contribution < -0.4 is 20.7 Å². The number of hydrogen-bond acceptors (Lipinski definition) is 5. The van der Waals surface area contributed by atoms with E-state index in [-0.39, 0.29) is 12.1 Å². The summed E-state index contributed by atoms with van der Waals surface area (Å²) in [5, 5.41) is 9.06. The van der Waals surface area contributed by atoms with Crippen LogP contribution in [0, 0.1) is 13.8 Å². The second-order valence-electron chi connectivity index (χ2n) is 7.00. The van der Waals surface area contributed by atoms with Crippen molar-refractivity contribution >= 4 is 17.5 Å². The number of rotatable bonds is 5. The van der Waals surface area contributed by atoms with Crippen molar-refractivity contribution in [3.63, 3.8) is 0 Å². The van der Waals surface area contributed by atoms with E-state index in [1.54, 1.807) is 6.20 Å². The first-order chi connectivity index (χ1) is 13.0. The van der Waals surface area contributed by atoms with Gasteiger partial charge in [-0.3, -0.25) is 10.3 Å². The van der Waals surface area contributed by atoms with Crippen molar-refractivity contribution in [3.8, 4) is 5.75 Å². The van der Waals surface area contributed by atoms with Crippen LogP contribution in [0.3, 0.4) is 0 Å². The molecular formula is C20H27N5O2. The van der Waals surface area contributed by atoms with Crippen LogP contribution in [-0.4, -0.2) is 34.7 Å². The topological polar surface area (TPSA) is 88.2 Å².